The fourth-order valence-electron chi connectivity index (χ4n) is 2.17. The molecule has 0 aliphatic carbocycles. The molecule has 0 spiro atoms. The first kappa shape index (κ1) is 10.9. The van der Waals surface area contributed by atoms with Crippen molar-refractivity contribution in [2.75, 3.05) is 19.0 Å². The number of halogens is 1. The average molecular weight is 223 g/mol. The van der Waals surface area contributed by atoms with E-state index in [0.717, 1.165) is 11.3 Å². The summed E-state index contributed by atoms with van der Waals surface area (Å²) in [4.78, 5) is 11.6. The van der Waals surface area contributed by atoms with Gasteiger partial charge in [0.1, 0.15) is 5.82 Å². The molecule has 0 saturated carbocycles. The van der Waals surface area contributed by atoms with E-state index in [1.807, 2.05) is 6.92 Å². The number of hydrogen-bond acceptors (Lipinski definition) is 3. The highest BCUT2D eigenvalue weighted by Crippen LogP contribution is 2.35. The van der Waals surface area contributed by atoms with Crippen LogP contribution >= 0.6 is 0 Å². The lowest BCUT2D eigenvalue weighted by atomic mass is 9.89. The van der Waals surface area contributed by atoms with Crippen LogP contribution in [0, 0.1) is 12.7 Å². The van der Waals surface area contributed by atoms with Crippen molar-refractivity contribution in [3.05, 3.63) is 29.1 Å². The Hall–Kier alpha value is -1.58. The standard InChI is InChI=1S/C12H14FNO2/c1-7-5-8(13)6-10-9(12(15)16-2)3-4-14-11(7)10/h5-6,9,14H,3-4H2,1-2H3. The lowest BCUT2D eigenvalue weighted by Gasteiger charge is -2.26. The molecule has 1 atom stereocenters. The largest absolute Gasteiger partial charge is 0.469 e. The monoisotopic (exact) mass is 223 g/mol. The molecule has 0 aromatic heterocycles. The average Bonchev–Trinajstić information content (AvgIpc) is 2.27. The number of hydrogen-bond donors (Lipinski definition) is 1. The summed E-state index contributed by atoms with van der Waals surface area (Å²) in [5.74, 6) is -0.961. The smallest absolute Gasteiger partial charge is 0.313 e. The van der Waals surface area contributed by atoms with E-state index in [9.17, 15) is 9.18 Å². The Balaban J connectivity index is 2.49. The maximum atomic E-state index is 13.3. The molecule has 1 aliphatic heterocycles. The molecule has 86 valence electrons. The van der Waals surface area contributed by atoms with Crippen molar-refractivity contribution >= 4 is 11.7 Å². The minimum atomic E-state index is -0.351. The molecule has 1 heterocycles. The molecule has 0 bridgehead atoms. The summed E-state index contributed by atoms with van der Waals surface area (Å²) in [7, 11) is 1.36. The Labute approximate surface area is 93.6 Å². The second-order valence-corrected chi connectivity index (χ2v) is 3.98. The third-order valence-corrected chi connectivity index (χ3v) is 2.93. The predicted octanol–water partition coefficient (Wildman–Crippen LogP) is 2.21. The summed E-state index contributed by atoms with van der Waals surface area (Å²) in [5, 5.41) is 3.19. The van der Waals surface area contributed by atoms with Crippen LogP contribution in [0.15, 0.2) is 12.1 Å². The molecule has 3 nitrogen and oxygen atoms in total. The van der Waals surface area contributed by atoms with Crippen LogP contribution in [0.1, 0.15) is 23.5 Å². The van der Waals surface area contributed by atoms with Crippen LogP contribution in [0.3, 0.4) is 0 Å². The molecule has 1 aromatic rings. The van der Waals surface area contributed by atoms with Gasteiger partial charge in [-0.25, -0.2) is 4.39 Å². The lowest BCUT2D eigenvalue weighted by molar-refractivity contribution is -0.142. The highest BCUT2D eigenvalue weighted by Gasteiger charge is 2.28. The van der Waals surface area contributed by atoms with E-state index in [1.54, 1.807) is 0 Å². The first-order valence-electron chi connectivity index (χ1n) is 5.25. The van der Waals surface area contributed by atoms with E-state index in [-0.39, 0.29) is 17.7 Å². The molecule has 0 saturated heterocycles. The van der Waals surface area contributed by atoms with E-state index in [4.69, 9.17) is 4.74 Å². The molecule has 0 amide bonds. The third-order valence-electron chi connectivity index (χ3n) is 2.93. The fraction of sp³-hybridized carbons (Fsp3) is 0.417. The van der Waals surface area contributed by atoms with Crippen molar-refractivity contribution in [3.63, 3.8) is 0 Å². The number of fused-ring (bicyclic) bond motifs is 1. The van der Waals surface area contributed by atoms with Gasteiger partial charge in [-0.1, -0.05) is 0 Å². The first-order valence-corrected chi connectivity index (χ1v) is 5.25. The van der Waals surface area contributed by atoms with Crippen LogP contribution in [0.25, 0.3) is 0 Å². The molecule has 1 N–H and O–H groups in total. The number of anilines is 1. The molecule has 16 heavy (non-hydrogen) atoms. The molecule has 1 aromatic carbocycles. The Morgan fingerprint density at radius 3 is 3.00 bits per heavy atom. The fourth-order valence-corrected chi connectivity index (χ4v) is 2.17. The second kappa shape index (κ2) is 4.12. The molecule has 0 fully saturated rings. The maximum absolute atomic E-state index is 13.3. The van der Waals surface area contributed by atoms with Gasteiger partial charge in [-0.05, 0) is 36.6 Å². The van der Waals surface area contributed by atoms with Gasteiger partial charge in [-0.15, -0.1) is 0 Å². The van der Waals surface area contributed by atoms with Crippen molar-refractivity contribution < 1.29 is 13.9 Å². The number of rotatable bonds is 1. The molecule has 4 heteroatoms. The van der Waals surface area contributed by atoms with Crippen molar-refractivity contribution in [2.45, 2.75) is 19.3 Å². The van der Waals surface area contributed by atoms with Gasteiger partial charge in [0.25, 0.3) is 0 Å². The van der Waals surface area contributed by atoms with Crippen LogP contribution in [0.2, 0.25) is 0 Å². The highest BCUT2D eigenvalue weighted by atomic mass is 19.1. The Morgan fingerprint density at radius 1 is 1.56 bits per heavy atom. The Bertz CT molecular complexity index is 431. The van der Waals surface area contributed by atoms with Crippen molar-refractivity contribution in [3.8, 4) is 0 Å². The van der Waals surface area contributed by atoms with Gasteiger partial charge in [-0.3, -0.25) is 4.79 Å². The molecular weight excluding hydrogens is 209 g/mol. The van der Waals surface area contributed by atoms with Gasteiger partial charge in [0, 0.05) is 12.2 Å². The van der Waals surface area contributed by atoms with Gasteiger partial charge < -0.3 is 10.1 Å². The Kier molecular flexibility index (Phi) is 2.81. The Morgan fingerprint density at radius 2 is 2.31 bits per heavy atom. The van der Waals surface area contributed by atoms with Crippen molar-refractivity contribution in [1.82, 2.24) is 0 Å². The molecule has 0 radical (unpaired) electrons. The highest BCUT2D eigenvalue weighted by molar-refractivity contribution is 5.82. The molecule has 1 aliphatic rings. The summed E-state index contributed by atoms with van der Waals surface area (Å²) in [6.45, 7) is 2.54. The minimum absolute atomic E-state index is 0.298. The maximum Gasteiger partial charge on any atom is 0.313 e. The van der Waals surface area contributed by atoms with E-state index in [1.165, 1.54) is 19.2 Å². The van der Waals surface area contributed by atoms with Gasteiger partial charge >= 0.3 is 5.97 Å². The SMILES string of the molecule is COC(=O)C1CCNc2c(C)cc(F)cc21. The first-order chi connectivity index (χ1) is 7.63. The van der Waals surface area contributed by atoms with E-state index in [0.29, 0.717) is 18.5 Å². The van der Waals surface area contributed by atoms with Crippen LogP contribution in [0.4, 0.5) is 10.1 Å². The van der Waals surface area contributed by atoms with Gasteiger partial charge in [0.05, 0.1) is 13.0 Å². The van der Waals surface area contributed by atoms with Crippen LogP contribution in [-0.4, -0.2) is 19.6 Å². The van der Waals surface area contributed by atoms with Crippen LogP contribution in [0.5, 0.6) is 0 Å². The predicted molar refractivity (Wildman–Crippen MR) is 59.0 cm³/mol. The zero-order chi connectivity index (χ0) is 11.7. The molecular formula is C12H14FNO2. The van der Waals surface area contributed by atoms with E-state index >= 15 is 0 Å². The molecule has 1 unspecified atom stereocenters. The van der Waals surface area contributed by atoms with Gasteiger partial charge in [0.15, 0.2) is 0 Å². The van der Waals surface area contributed by atoms with Crippen LogP contribution in [-0.2, 0) is 9.53 Å². The topological polar surface area (TPSA) is 38.3 Å². The number of esters is 1. The number of aryl methyl sites for hydroxylation is 1. The van der Waals surface area contributed by atoms with Crippen molar-refractivity contribution in [2.24, 2.45) is 0 Å². The number of benzene rings is 1. The van der Waals surface area contributed by atoms with Gasteiger partial charge in [0.2, 0.25) is 0 Å². The molecule has 2 rings (SSSR count). The summed E-state index contributed by atoms with van der Waals surface area (Å²) >= 11 is 0. The summed E-state index contributed by atoms with van der Waals surface area (Å²) in [5.41, 5.74) is 2.39. The number of methoxy groups -OCH3 is 1. The normalized spacial score (nSPS) is 18.6. The zero-order valence-corrected chi connectivity index (χ0v) is 9.34. The number of nitrogens with one attached hydrogen (secondary N) is 1. The van der Waals surface area contributed by atoms with Crippen molar-refractivity contribution in [1.29, 1.82) is 0 Å². The lowest BCUT2D eigenvalue weighted by Crippen LogP contribution is -2.24. The number of carbonyl (C=O) groups is 1. The van der Waals surface area contributed by atoms with Crippen LogP contribution < -0.4 is 5.32 Å². The zero-order valence-electron chi connectivity index (χ0n) is 9.34. The summed E-state index contributed by atoms with van der Waals surface area (Å²) in [6, 6.07) is 2.88. The summed E-state index contributed by atoms with van der Waals surface area (Å²) < 4.78 is 18.1. The van der Waals surface area contributed by atoms with E-state index in [2.05, 4.69) is 5.32 Å². The number of ether oxygens (including phenoxy) is 1. The second-order valence-electron chi connectivity index (χ2n) is 3.98. The number of carbonyl (C=O) groups excluding carboxylic acids is 1. The summed E-state index contributed by atoms with van der Waals surface area (Å²) in [6.07, 6.45) is 0.641. The van der Waals surface area contributed by atoms with Gasteiger partial charge in [-0.2, -0.15) is 0 Å². The quantitative estimate of drug-likeness (QED) is 0.742. The van der Waals surface area contributed by atoms with E-state index < -0.39 is 0 Å². The third kappa shape index (κ3) is 1.75. The minimum Gasteiger partial charge on any atom is -0.469 e.